The molecule has 1 aliphatic rings. The van der Waals surface area contributed by atoms with Crippen molar-refractivity contribution in [2.75, 3.05) is 0 Å². The Balaban J connectivity index is 1.58. The van der Waals surface area contributed by atoms with Gasteiger partial charge in [0.2, 0.25) is 10.0 Å². The first-order chi connectivity index (χ1) is 13.8. The summed E-state index contributed by atoms with van der Waals surface area (Å²) in [5, 5.41) is 3.17. The van der Waals surface area contributed by atoms with E-state index < -0.39 is 10.0 Å². The van der Waals surface area contributed by atoms with Crippen LogP contribution >= 0.6 is 0 Å². The van der Waals surface area contributed by atoms with E-state index in [1.165, 1.54) is 6.42 Å². The Kier molecular flexibility index (Phi) is 6.75. The molecule has 0 radical (unpaired) electrons. The van der Waals surface area contributed by atoms with Gasteiger partial charge in [-0.1, -0.05) is 56.5 Å². The molecule has 0 aliphatic heterocycles. The fraction of sp³-hybridized carbons (Fsp3) is 0.435. The first kappa shape index (κ1) is 21.5. The SMILES string of the molecule is Cc1ccc(S(=O)(=O)NCc2ccc(C(=O)N[C@@H]3CCC[C@H](C)[C@H]3C)cc2)cc1. The zero-order valence-corrected chi connectivity index (χ0v) is 18.1. The number of hydrogen-bond donors (Lipinski definition) is 2. The lowest BCUT2D eigenvalue weighted by Gasteiger charge is -2.34. The Bertz CT molecular complexity index is 937. The fourth-order valence-corrected chi connectivity index (χ4v) is 4.81. The van der Waals surface area contributed by atoms with Crippen LogP contribution in [0.15, 0.2) is 53.4 Å². The van der Waals surface area contributed by atoms with Gasteiger partial charge in [-0.15, -0.1) is 0 Å². The topological polar surface area (TPSA) is 75.3 Å². The molecule has 2 aromatic carbocycles. The van der Waals surface area contributed by atoms with Crippen molar-refractivity contribution in [3.8, 4) is 0 Å². The predicted molar refractivity (Wildman–Crippen MR) is 115 cm³/mol. The average molecular weight is 415 g/mol. The molecule has 1 amide bonds. The highest BCUT2D eigenvalue weighted by Crippen LogP contribution is 2.29. The number of amides is 1. The third-order valence-electron chi connectivity index (χ3n) is 6.04. The Morgan fingerprint density at radius 1 is 1.00 bits per heavy atom. The second kappa shape index (κ2) is 9.09. The maximum absolute atomic E-state index is 12.6. The molecule has 29 heavy (non-hydrogen) atoms. The van der Waals surface area contributed by atoms with E-state index in [1.807, 2.05) is 6.92 Å². The average Bonchev–Trinajstić information content (AvgIpc) is 2.70. The lowest BCUT2D eigenvalue weighted by molar-refractivity contribution is 0.0891. The third-order valence-corrected chi connectivity index (χ3v) is 7.45. The van der Waals surface area contributed by atoms with Crippen molar-refractivity contribution in [3.63, 3.8) is 0 Å². The standard InChI is InChI=1S/C23H30N2O3S/c1-16-7-13-21(14-8-16)29(27,28)24-15-19-9-11-20(12-10-19)23(26)25-22-6-4-5-17(2)18(22)3/h7-14,17-18,22,24H,4-6,15H2,1-3H3,(H,25,26)/t17-,18+,22+/m0/s1. The summed E-state index contributed by atoms with van der Waals surface area (Å²) in [5.74, 6) is 1.03. The molecule has 1 aliphatic carbocycles. The van der Waals surface area contributed by atoms with Gasteiger partial charge in [0.05, 0.1) is 4.90 Å². The van der Waals surface area contributed by atoms with Crippen molar-refractivity contribution in [2.45, 2.75) is 57.5 Å². The van der Waals surface area contributed by atoms with Crippen LogP contribution in [0.5, 0.6) is 0 Å². The minimum Gasteiger partial charge on any atom is -0.349 e. The molecular formula is C23H30N2O3S. The highest BCUT2D eigenvalue weighted by Gasteiger charge is 2.28. The monoisotopic (exact) mass is 414 g/mol. The minimum atomic E-state index is -3.56. The van der Waals surface area contributed by atoms with Crippen LogP contribution in [0.25, 0.3) is 0 Å². The molecule has 6 heteroatoms. The van der Waals surface area contributed by atoms with Crippen LogP contribution in [0, 0.1) is 18.8 Å². The second-order valence-electron chi connectivity index (χ2n) is 8.18. The molecule has 0 aromatic heterocycles. The van der Waals surface area contributed by atoms with Crippen LogP contribution in [0.2, 0.25) is 0 Å². The van der Waals surface area contributed by atoms with Crippen LogP contribution < -0.4 is 10.0 Å². The van der Waals surface area contributed by atoms with Gasteiger partial charge in [0, 0.05) is 18.2 Å². The summed E-state index contributed by atoms with van der Waals surface area (Å²) < 4.78 is 27.4. The van der Waals surface area contributed by atoms with Crippen LogP contribution in [0.3, 0.4) is 0 Å². The van der Waals surface area contributed by atoms with E-state index in [2.05, 4.69) is 23.9 Å². The molecule has 0 bridgehead atoms. The normalized spacial score (nSPS) is 22.2. The molecule has 156 valence electrons. The zero-order chi connectivity index (χ0) is 21.0. The van der Waals surface area contributed by atoms with Crippen molar-refractivity contribution < 1.29 is 13.2 Å². The number of benzene rings is 2. The second-order valence-corrected chi connectivity index (χ2v) is 9.95. The van der Waals surface area contributed by atoms with Gasteiger partial charge in [0.15, 0.2) is 0 Å². The van der Waals surface area contributed by atoms with Gasteiger partial charge in [-0.2, -0.15) is 0 Å². The van der Waals surface area contributed by atoms with Gasteiger partial charge in [0.1, 0.15) is 0 Å². The summed E-state index contributed by atoms with van der Waals surface area (Å²) in [6.45, 7) is 6.54. The van der Waals surface area contributed by atoms with Crippen LogP contribution in [-0.2, 0) is 16.6 Å². The van der Waals surface area contributed by atoms with Crippen molar-refractivity contribution in [1.29, 1.82) is 0 Å². The van der Waals surface area contributed by atoms with E-state index in [0.29, 0.717) is 17.4 Å². The van der Waals surface area contributed by atoms with Crippen molar-refractivity contribution >= 4 is 15.9 Å². The van der Waals surface area contributed by atoms with E-state index in [9.17, 15) is 13.2 Å². The molecule has 0 saturated heterocycles. The highest BCUT2D eigenvalue weighted by molar-refractivity contribution is 7.89. The maximum atomic E-state index is 12.6. The van der Waals surface area contributed by atoms with E-state index in [-0.39, 0.29) is 23.4 Å². The number of rotatable bonds is 6. The molecule has 0 unspecified atom stereocenters. The molecule has 5 nitrogen and oxygen atoms in total. The molecule has 0 heterocycles. The summed E-state index contributed by atoms with van der Waals surface area (Å²) in [4.78, 5) is 12.8. The number of nitrogens with one attached hydrogen (secondary N) is 2. The Hall–Kier alpha value is -2.18. The van der Waals surface area contributed by atoms with Gasteiger partial charge in [-0.05, 0) is 55.0 Å². The quantitative estimate of drug-likeness (QED) is 0.749. The highest BCUT2D eigenvalue weighted by atomic mass is 32.2. The van der Waals surface area contributed by atoms with Crippen molar-refractivity contribution in [1.82, 2.24) is 10.0 Å². The third kappa shape index (κ3) is 5.46. The number of aryl methyl sites for hydroxylation is 1. The molecular weight excluding hydrogens is 384 g/mol. The van der Waals surface area contributed by atoms with Gasteiger partial charge in [-0.3, -0.25) is 4.79 Å². The summed E-state index contributed by atoms with van der Waals surface area (Å²) >= 11 is 0. The summed E-state index contributed by atoms with van der Waals surface area (Å²) in [6, 6.07) is 14.0. The predicted octanol–water partition coefficient (Wildman–Crippen LogP) is 4.03. The van der Waals surface area contributed by atoms with E-state index >= 15 is 0 Å². The van der Waals surface area contributed by atoms with Gasteiger partial charge in [0.25, 0.3) is 5.91 Å². The van der Waals surface area contributed by atoms with Gasteiger partial charge < -0.3 is 5.32 Å². The largest absolute Gasteiger partial charge is 0.349 e. The number of carbonyl (C=O) groups excluding carboxylic acids is 1. The first-order valence-electron chi connectivity index (χ1n) is 10.2. The van der Waals surface area contributed by atoms with Gasteiger partial charge in [-0.25, -0.2) is 13.1 Å². The molecule has 3 atom stereocenters. The summed E-state index contributed by atoms with van der Waals surface area (Å²) in [7, 11) is -3.56. The Morgan fingerprint density at radius 3 is 2.31 bits per heavy atom. The summed E-state index contributed by atoms with van der Waals surface area (Å²) in [5.41, 5.74) is 2.41. The lowest BCUT2D eigenvalue weighted by Crippen LogP contribution is -2.43. The first-order valence-corrected chi connectivity index (χ1v) is 11.7. The summed E-state index contributed by atoms with van der Waals surface area (Å²) in [6.07, 6.45) is 3.40. The molecule has 2 aromatic rings. The van der Waals surface area contributed by atoms with Crippen LogP contribution in [0.1, 0.15) is 54.6 Å². The molecule has 0 spiro atoms. The smallest absolute Gasteiger partial charge is 0.251 e. The number of sulfonamides is 1. The van der Waals surface area contributed by atoms with E-state index in [0.717, 1.165) is 24.0 Å². The van der Waals surface area contributed by atoms with Gasteiger partial charge >= 0.3 is 0 Å². The van der Waals surface area contributed by atoms with Crippen LogP contribution in [0.4, 0.5) is 0 Å². The number of carbonyl (C=O) groups is 1. The Labute approximate surface area is 174 Å². The zero-order valence-electron chi connectivity index (χ0n) is 17.3. The van der Waals surface area contributed by atoms with E-state index in [1.54, 1.807) is 48.5 Å². The number of hydrogen-bond acceptors (Lipinski definition) is 3. The van der Waals surface area contributed by atoms with Crippen LogP contribution in [-0.4, -0.2) is 20.4 Å². The maximum Gasteiger partial charge on any atom is 0.251 e. The molecule has 1 fully saturated rings. The Morgan fingerprint density at radius 2 is 1.66 bits per heavy atom. The molecule has 2 N–H and O–H groups in total. The lowest BCUT2D eigenvalue weighted by atomic mass is 9.78. The van der Waals surface area contributed by atoms with Crippen molar-refractivity contribution in [3.05, 3.63) is 65.2 Å². The van der Waals surface area contributed by atoms with E-state index in [4.69, 9.17) is 0 Å². The van der Waals surface area contributed by atoms with Crippen molar-refractivity contribution in [2.24, 2.45) is 11.8 Å². The fourth-order valence-electron chi connectivity index (χ4n) is 3.79. The molecule has 1 saturated carbocycles. The molecule has 3 rings (SSSR count). The minimum absolute atomic E-state index is 0.0669.